The van der Waals surface area contributed by atoms with Gasteiger partial charge in [-0.25, -0.2) is 0 Å². The van der Waals surface area contributed by atoms with Crippen LogP contribution >= 0.6 is 0 Å². The number of nitrogens with one attached hydrogen (secondary N) is 1. The number of para-hydroxylation sites is 5. The molecule has 0 fully saturated rings. The maximum atomic E-state index is 3.71. The van der Waals surface area contributed by atoms with E-state index in [0.29, 0.717) is 5.92 Å². The molecule has 0 radical (unpaired) electrons. The van der Waals surface area contributed by atoms with Crippen LogP contribution in [0.3, 0.4) is 0 Å². The maximum Gasteiger partial charge on any atom is 0.0541 e. The summed E-state index contributed by atoms with van der Waals surface area (Å²) in [4.78, 5) is 2.45. The van der Waals surface area contributed by atoms with E-state index in [9.17, 15) is 0 Å². The summed E-state index contributed by atoms with van der Waals surface area (Å²) in [7, 11) is 0. The van der Waals surface area contributed by atoms with E-state index in [-0.39, 0.29) is 0 Å². The molecular formula is C62H50N4. The van der Waals surface area contributed by atoms with Gasteiger partial charge in [-0.3, -0.25) is 0 Å². The molecule has 1 aliphatic heterocycles. The van der Waals surface area contributed by atoms with Crippen LogP contribution < -0.4 is 10.2 Å². The normalized spacial score (nSPS) is 20.2. The lowest BCUT2D eigenvalue weighted by molar-refractivity contribution is 0.741. The highest BCUT2D eigenvalue weighted by molar-refractivity contribution is 6.11. The van der Waals surface area contributed by atoms with Crippen LogP contribution in [0.1, 0.15) is 24.5 Å². The Hall–Kier alpha value is -8.34. The van der Waals surface area contributed by atoms with Gasteiger partial charge < -0.3 is 19.4 Å². The van der Waals surface area contributed by atoms with Gasteiger partial charge in [0, 0.05) is 44.3 Å². The molecule has 2 aromatic heterocycles. The average Bonchev–Trinajstić information content (AvgIpc) is 3.87. The maximum absolute atomic E-state index is 3.71. The number of nitrogens with zero attached hydrogens (tertiary/aromatic N) is 3. The zero-order valence-electron chi connectivity index (χ0n) is 37.2. The number of benzene rings is 7. The lowest BCUT2D eigenvalue weighted by atomic mass is 9.98. The summed E-state index contributed by atoms with van der Waals surface area (Å²) in [6.07, 6.45) is 25.8. The molecule has 1 atom stereocenters. The molecule has 2 bridgehead atoms. The van der Waals surface area contributed by atoms with Crippen molar-refractivity contribution in [3.05, 3.63) is 271 Å². The predicted octanol–water partition coefficient (Wildman–Crippen LogP) is 15.9. The molecule has 9 aromatic rings. The fraction of sp³-hybridized carbons (Fsp3) is 0.0645. The minimum absolute atomic E-state index is 0.306. The summed E-state index contributed by atoms with van der Waals surface area (Å²) in [5, 5.41) is 8.61. The third-order valence-corrected chi connectivity index (χ3v) is 12.8. The Morgan fingerprint density at radius 2 is 1.14 bits per heavy atom. The van der Waals surface area contributed by atoms with Crippen molar-refractivity contribution < 1.29 is 0 Å². The van der Waals surface area contributed by atoms with Crippen LogP contribution in [0, 0.1) is 12.8 Å². The molecule has 4 nitrogen and oxygen atoms in total. The van der Waals surface area contributed by atoms with E-state index >= 15 is 0 Å². The van der Waals surface area contributed by atoms with Crippen molar-refractivity contribution in [1.29, 1.82) is 0 Å². The number of anilines is 2. The van der Waals surface area contributed by atoms with Gasteiger partial charge in [-0.1, -0.05) is 165 Å². The SMILES string of the molecule is Cc1ccc(-n2c3ccccc3c3ccccc32)cc1N(\C1=C/C(n2c3ccccc3c3ccccc32)=C\C2=C\C=C/C(c3ccccc3)=C/C(=C1)/C=C\C(C)C/C=C/N2)c1ccccc1. The minimum atomic E-state index is 0.306. The summed E-state index contributed by atoms with van der Waals surface area (Å²) >= 11 is 0. The molecule has 0 saturated carbocycles. The van der Waals surface area contributed by atoms with Crippen LogP contribution in [-0.2, 0) is 0 Å². The van der Waals surface area contributed by atoms with Crippen LogP contribution in [0.25, 0.3) is 60.6 Å². The predicted molar refractivity (Wildman–Crippen MR) is 281 cm³/mol. The molecule has 0 amide bonds. The topological polar surface area (TPSA) is 25.1 Å². The summed E-state index contributed by atoms with van der Waals surface area (Å²) in [6, 6.07) is 63.4. The molecule has 1 unspecified atom stereocenters. The highest BCUT2D eigenvalue weighted by Gasteiger charge is 2.22. The summed E-state index contributed by atoms with van der Waals surface area (Å²) < 4.78 is 4.84. The molecule has 318 valence electrons. The second kappa shape index (κ2) is 17.7. The lowest BCUT2D eigenvalue weighted by Crippen LogP contribution is -2.18. The largest absolute Gasteiger partial charge is 0.362 e. The van der Waals surface area contributed by atoms with Crippen molar-refractivity contribution in [2.24, 2.45) is 5.92 Å². The molecule has 1 aliphatic carbocycles. The van der Waals surface area contributed by atoms with Crippen LogP contribution in [0.4, 0.5) is 11.4 Å². The molecule has 0 spiro atoms. The first kappa shape index (κ1) is 40.4. The zero-order chi connectivity index (χ0) is 44.4. The Kier molecular flexibility index (Phi) is 10.8. The van der Waals surface area contributed by atoms with E-state index in [1.165, 1.54) is 32.6 Å². The number of hydrogen-bond acceptors (Lipinski definition) is 2. The highest BCUT2D eigenvalue weighted by Crippen LogP contribution is 2.40. The molecular weight excluding hydrogens is 801 g/mol. The van der Waals surface area contributed by atoms with Crippen molar-refractivity contribution in [3.63, 3.8) is 0 Å². The standard InChI is InChI=1S/C62H50N4/c1-44-19-18-38-63-49-23-17-22-48(47-20-5-3-6-21-47)39-46(36-34-44)40-52(42-53(41-49)66-60-32-15-11-28-56(60)57-29-12-16-33-61(57)66)64(50-24-7-4-8-25-50)62-43-51(37-35-45(62)2)65-58-30-13-9-26-54(58)55-27-10-14-31-59(55)65/h3-18,20-44,63H,19H2,1-2H3/b22-17-,23-17?,36-34-,38-18+,46-39?,46-40?,48-22?,48-39-,49-23-,49-41?,52-40?,52-42-,53-41+,53-42?. The monoisotopic (exact) mass is 850 g/mol. The van der Waals surface area contributed by atoms with Gasteiger partial charge in [0.15, 0.2) is 0 Å². The van der Waals surface area contributed by atoms with Crippen LogP contribution in [0.15, 0.2) is 260 Å². The van der Waals surface area contributed by atoms with Crippen LogP contribution in [0.5, 0.6) is 0 Å². The Labute approximate surface area is 386 Å². The van der Waals surface area contributed by atoms with Gasteiger partial charge in [0.25, 0.3) is 0 Å². The summed E-state index contributed by atoms with van der Waals surface area (Å²) in [5.74, 6) is 0.306. The first-order valence-electron chi connectivity index (χ1n) is 22.9. The smallest absolute Gasteiger partial charge is 0.0541 e. The molecule has 1 N–H and O–H groups in total. The van der Waals surface area contributed by atoms with Crippen LogP contribution in [0.2, 0.25) is 0 Å². The quantitative estimate of drug-likeness (QED) is 0.180. The number of allylic oxidation sites excluding steroid dienone is 13. The molecule has 4 heteroatoms. The Morgan fingerprint density at radius 3 is 1.77 bits per heavy atom. The van der Waals surface area contributed by atoms with Crippen molar-refractivity contribution in [2.75, 3.05) is 4.90 Å². The number of fused-ring (bicyclic) bond motifs is 9. The van der Waals surface area contributed by atoms with Crippen molar-refractivity contribution in [1.82, 2.24) is 14.5 Å². The first-order chi connectivity index (χ1) is 32.6. The van der Waals surface area contributed by atoms with Gasteiger partial charge in [-0.2, -0.15) is 0 Å². The van der Waals surface area contributed by atoms with Gasteiger partial charge in [0.1, 0.15) is 0 Å². The van der Waals surface area contributed by atoms with E-state index in [2.05, 4.69) is 276 Å². The van der Waals surface area contributed by atoms with Crippen molar-refractivity contribution in [3.8, 4) is 5.69 Å². The number of aromatic nitrogens is 2. The van der Waals surface area contributed by atoms with E-state index in [1.807, 2.05) is 0 Å². The van der Waals surface area contributed by atoms with E-state index in [0.717, 1.165) is 73.9 Å². The number of aryl methyl sites for hydroxylation is 1. The third kappa shape index (κ3) is 7.73. The van der Waals surface area contributed by atoms with Gasteiger partial charge >= 0.3 is 0 Å². The third-order valence-electron chi connectivity index (χ3n) is 12.8. The molecule has 66 heavy (non-hydrogen) atoms. The Balaban J connectivity index is 1.25. The average molecular weight is 851 g/mol. The molecule has 3 heterocycles. The lowest BCUT2D eigenvalue weighted by Gasteiger charge is -2.30. The fourth-order valence-electron chi connectivity index (χ4n) is 9.57. The second-order valence-electron chi connectivity index (χ2n) is 17.2. The van der Waals surface area contributed by atoms with Gasteiger partial charge in [-0.05, 0) is 127 Å². The van der Waals surface area contributed by atoms with Gasteiger partial charge in [0.05, 0.1) is 33.5 Å². The van der Waals surface area contributed by atoms with E-state index < -0.39 is 0 Å². The van der Waals surface area contributed by atoms with Gasteiger partial charge in [0.2, 0.25) is 0 Å². The molecule has 7 aromatic carbocycles. The summed E-state index contributed by atoms with van der Waals surface area (Å²) in [5.41, 5.74) is 15.3. The van der Waals surface area contributed by atoms with E-state index in [1.54, 1.807) is 0 Å². The van der Waals surface area contributed by atoms with Crippen LogP contribution in [-0.4, -0.2) is 9.13 Å². The Bertz CT molecular complexity index is 3440. The second-order valence-corrected chi connectivity index (χ2v) is 17.2. The summed E-state index contributed by atoms with van der Waals surface area (Å²) in [6.45, 7) is 4.51. The van der Waals surface area contributed by atoms with Gasteiger partial charge in [-0.15, -0.1) is 0 Å². The Morgan fingerprint density at radius 1 is 0.561 bits per heavy atom. The fourth-order valence-corrected chi connectivity index (χ4v) is 9.57. The van der Waals surface area contributed by atoms with Crippen molar-refractivity contribution in [2.45, 2.75) is 20.3 Å². The molecule has 2 aliphatic rings. The first-order valence-corrected chi connectivity index (χ1v) is 22.9. The minimum Gasteiger partial charge on any atom is -0.362 e. The van der Waals surface area contributed by atoms with Crippen molar-refractivity contribution >= 4 is 66.3 Å². The van der Waals surface area contributed by atoms with E-state index in [4.69, 9.17) is 0 Å². The highest BCUT2D eigenvalue weighted by atomic mass is 15.2. The number of hydrogen-bond donors (Lipinski definition) is 1. The molecule has 0 saturated heterocycles. The zero-order valence-corrected chi connectivity index (χ0v) is 37.2. The molecule has 11 rings (SSSR count). The number of rotatable bonds is 6.